The Labute approximate surface area is 93.6 Å². The van der Waals surface area contributed by atoms with E-state index in [2.05, 4.69) is 18.7 Å². The maximum atomic E-state index is 9.23. The summed E-state index contributed by atoms with van der Waals surface area (Å²) in [6, 6.07) is 0.596. The van der Waals surface area contributed by atoms with Gasteiger partial charge in [0.2, 0.25) is 0 Å². The molecule has 0 aromatic heterocycles. The summed E-state index contributed by atoms with van der Waals surface area (Å²) in [4.78, 5) is 2.52. The highest BCUT2D eigenvalue weighted by Gasteiger charge is 2.37. The van der Waals surface area contributed by atoms with Crippen LogP contribution in [0.5, 0.6) is 0 Å². The minimum absolute atomic E-state index is 0.134. The second-order valence-electron chi connectivity index (χ2n) is 4.90. The van der Waals surface area contributed by atoms with Gasteiger partial charge in [0.15, 0.2) is 0 Å². The third kappa shape index (κ3) is 3.44. The van der Waals surface area contributed by atoms with Crippen LogP contribution in [0, 0.1) is 0 Å². The van der Waals surface area contributed by atoms with Gasteiger partial charge in [0.05, 0.1) is 6.61 Å². The molecular formula is C12H26N2O. The molecule has 1 saturated carbocycles. The topological polar surface area (TPSA) is 49.5 Å². The molecule has 0 radical (unpaired) electrons. The molecule has 1 aliphatic rings. The van der Waals surface area contributed by atoms with Crippen molar-refractivity contribution >= 4 is 0 Å². The van der Waals surface area contributed by atoms with E-state index in [1.807, 2.05) is 0 Å². The number of hydrogen-bond donors (Lipinski definition) is 2. The highest BCUT2D eigenvalue weighted by atomic mass is 16.3. The van der Waals surface area contributed by atoms with Crippen LogP contribution >= 0.6 is 0 Å². The summed E-state index contributed by atoms with van der Waals surface area (Å²) in [6.45, 7) is 6.86. The van der Waals surface area contributed by atoms with Crippen molar-refractivity contribution in [3.63, 3.8) is 0 Å². The number of rotatable bonds is 6. The standard InChI is InChI=1S/C12H26N2O/c1-3-5-8-14(4-2)11-6-7-12(13,9-11)10-15/h11,15H,3-10,13H2,1-2H3. The lowest BCUT2D eigenvalue weighted by atomic mass is 10.0. The largest absolute Gasteiger partial charge is 0.394 e. The van der Waals surface area contributed by atoms with Crippen molar-refractivity contribution in [3.8, 4) is 0 Å². The maximum Gasteiger partial charge on any atom is 0.0611 e. The van der Waals surface area contributed by atoms with E-state index in [1.54, 1.807) is 0 Å². The normalized spacial score (nSPS) is 31.4. The van der Waals surface area contributed by atoms with E-state index in [0.717, 1.165) is 25.8 Å². The molecule has 0 aromatic carbocycles. The second kappa shape index (κ2) is 5.83. The number of nitrogens with zero attached hydrogens (tertiary/aromatic N) is 1. The second-order valence-corrected chi connectivity index (χ2v) is 4.90. The number of aliphatic hydroxyl groups is 1. The van der Waals surface area contributed by atoms with Crippen molar-refractivity contribution in [2.24, 2.45) is 5.73 Å². The first kappa shape index (κ1) is 12.9. The first-order valence-corrected chi connectivity index (χ1v) is 6.29. The van der Waals surface area contributed by atoms with Crippen molar-refractivity contribution in [3.05, 3.63) is 0 Å². The Morgan fingerprint density at radius 3 is 2.67 bits per heavy atom. The molecule has 0 spiro atoms. The van der Waals surface area contributed by atoms with Crippen LogP contribution in [0.4, 0.5) is 0 Å². The van der Waals surface area contributed by atoms with Gasteiger partial charge in [-0.25, -0.2) is 0 Å². The Kier molecular flexibility index (Phi) is 5.03. The summed E-state index contributed by atoms with van der Waals surface area (Å²) in [5, 5.41) is 9.23. The fourth-order valence-electron chi connectivity index (χ4n) is 2.54. The Morgan fingerprint density at radius 2 is 2.20 bits per heavy atom. The third-order valence-corrected chi connectivity index (χ3v) is 3.65. The lowest BCUT2D eigenvalue weighted by molar-refractivity contribution is 0.168. The van der Waals surface area contributed by atoms with Crippen molar-refractivity contribution in [2.75, 3.05) is 19.7 Å². The molecule has 0 saturated heterocycles. The number of aliphatic hydroxyl groups excluding tert-OH is 1. The van der Waals surface area contributed by atoms with Crippen molar-refractivity contribution in [1.82, 2.24) is 4.90 Å². The van der Waals surface area contributed by atoms with Crippen molar-refractivity contribution < 1.29 is 5.11 Å². The Morgan fingerprint density at radius 1 is 1.47 bits per heavy atom. The van der Waals surface area contributed by atoms with Crippen LogP contribution in [0.15, 0.2) is 0 Å². The monoisotopic (exact) mass is 214 g/mol. The molecule has 0 bridgehead atoms. The predicted molar refractivity (Wildman–Crippen MR) is 63.8 cm³/mol. The van der Waals surface area contributed by atoms with Gasteiger partial charge in [-0.15, -0.1) is 0 Å². The summed E-state index contributed by atoms with van der Waals surface area (Å²) in [6.07, 6.45) is 5.59. The van der Waals surface area contributed by atoms with E-state index in [1.165, 1.54) is 19.4 Å². The molecule has 1 aliphatic carbocycles. The highest BCUT2D eigenvalue weighted by Crippen LogP contribution is 2.30. The molecular weight excluding hydrogens is 188 g/mol. The van der Waals surface area contributed by atoms with E-state index in [0.29, 0.717) is 6.04 Å². The molecule has 0 aromatic rings. The van der Waals surface area contributed by atoms with Crippen molar-refractivity contribution in [1.29, 1.82) is 0 Å². The fourth-order valence-corrected chi connectivity index (χ4v) is 2.54. The zero-order valence-electron chi connectivity index (χ0n) is 10.2. The molecule has 3 heteroatoms. The van der Waals surface area contributed by atoms with Crippen LogP contribution in [-0.2, 0) is 0 Å². The quantitative estimate of drug-likeness (QED) is 0.702. The molecule has 0 aliphatic heterocycles. The molecule has 2 unspecified atom stereocenters. The van der Waals surface area contributed by atoms with Crippen LogP contribution < -0.4 is 5.73 Å². The van der Waals surface area contributed by atoms with E-state index < -0.39 is 0 Å². The van der Waals surface area contributed by atoms with Crippen LogP contribution in [0.2, 0.25) is 0 Å². The lowest BCUT2D eigenvalue weighted by Gasteiger charge is -2.29. The number of hydrogen-bond acceptors (Lipinski definition) is 3. The third-order valence-electron chi connectivity index (χ3n) is 3.65. The Balaban J connectivity index is 2.42. The average Bonchev–Trinajstić information content (AvgIpc) is 2.63. The van der Waals surface area contributed by atoms with Crippen LogP contribution in [0.25, 0.3) is 0 Å². The SMILES string of the molecule is CCCCN(CC)C1CCC(N)(CO)C1. The van der Waals surface area contributed by atoms with E-state index in [9.17, 15) is 5.11 Å². The summed E-state index contributed by atoms with van der Waals surface area (Å²) in [7, 11) is 0. The fraction of sp³-hybridized carbons (Fsp3) is 1.00. The van der Waals surface area contributed by atoms with Gasteiger partial charge in [-0.3, -0.25) is 0 Å². The molecule has 15 heavy (non-hydrogen) atoms. The number of unbranched alkanes of at least 4 members (excludes halogenated alkanes) is 1. The van der Waals surface area contributed by atoms with E-state index in [4.69, 9.17) is 5.73 Å². The van der Waals surface area contributed by atoms with Gasteiger partial charge < -0.3 is 15.7 Å². The van der Waals surface area contributed by atoms with Gasteiger partial charge in [0.25, 0.3) is 0 Å². The van der Waals surface area contributed by atoms with Gasteiger partial charge in [-0.05, 0) is 38.8 Å². The molecule has 3 nitrogen and oxygen atoms in total. The van der Waals surface area contributed by atoms with Gasteiger partial charge in [0.1, 0.15) is 0 Å². The number of nitrogens with two attached hydrogens (primary N) is 1. The maximum absolute atomic E-state index is 9.23. The highest BCUT2D eigenvalue weighted by molar-refractivity contribution is 4.96. The molecule has 1 fully saturated rings. The Bertz CT molecular complexity index is 186. The van der Waals surface area contributed by atoms with Crippen molar-refractivity contribution in [2.45, 2.75) is 57.5 Å². The first-order chi connectivity index (χ1) is 7.15. The minimum Gasteiger partial charge on any atom is -0.394 e. The van der Waals surface area contributed by atoms with Crippen LogP contribution in [0.1, 0.15) is 46.0 Å². The lowest BCUT2D eigenvalue weighted by Crippen LogP contribution is -2.43. The molecule has 0 heterocycles. The zero-order chi connectivity index (χ0) is 11.3. The van der Waals surface area contributed by atoms with E-state index in [-0.39, 0.29) is 12.1 Å². The van der Waals surface area contributed by atoms with Gasteiger partial charge in [-0.2, -0.15) is 0 Å². The van der Waals surface area contributed by atoms with Crippen LogP contribution in [-0.4, -0.2) is 41.3 Å². The summed E-state index contributed by atoms with van der Waals surface area (Å²) >= 11 is 0. The smallest absolute Gasteiger partial charge is 0.0611 e. The minimum atomic E-state index is -0.301. The Hall–Kier alpha value is -0.120. The predicted octanol–water partition coefficient (Wildman–Crippen LogP) is 1.35. The molecule has 2 atom stereocenters. The molecule has 1 rings (SSSR count). The summed E-state index contributed by atoms with van der Waals surface area (Å²) in [5.74, 6) is 0. The van der Waals surface area contributed by atoms with E-state index >= 15 is 0 Å². The van der Waals surface area contributed by atoms with Gasteiger partial charge in [-0.1, -0.05) is 20.3 Å². The summed E-state index contributed by atoms with van der Waals surface area (Å²) < 4.78 is 0. The zero-order valence-corrected chi connectivity index (χ0v) is 10.2. The van der Waals surface area contributed by atoms with Gasteiger partial charge >= 0.3 is 0 Å². The van der Waals surface area contributed by atoms with Crippen LogP contribution in [0.3, 0.4) is 0 Å². The first-order valence-electron chi connectivity index (χ1n) is 6.29. The van der Waals surface area contributed by atoms with Gasteiger partial charge in [0, 0.05) is 11.6 Å². The molecule has 0 amide bonds. The molecule has 90 valence electrons. The average molecular weight is 214 g/mol. The summed E-state index contributed by atoms with van der Waals surface area (Å²) in [5.41, 5.74) is 5.79. The molecule has 3 N–H and O–H groups in total.